The van der Waals surface area contributed by atoms with Gasteiger partial charge in [0.25, 0.3) is 0 Å². The maximum atomic E-state index is 4.07. The second-order valence-corrected chi connectivity index (χ2v) is 4.11. The first-order chi connectivity index (χ1) is 6.25. The summed E-state index contributed by atoms with van der Waals surface area (Å²) in [6, 6.07) is 2.74. The van der Waals surface area contributed by atoms with Crippen LogP contribution in [0.2, 0.25) is 0 Å². The second-order valence-electron chi connectivity index (χ2n) is 4.11. The number of rotatable bonds is 2. The molecule has 0 radical (unpaired) electrons. The highest BCUT2D eigenvalue weighted by molar-refractivity contribution is 5.49. The van der Waals surface area contributed by atoms with Crippen molar-refractivity contribution >= 4 is 5.69 Å². The van der Waals surface area contributed by atoms with Gasteiger partial charge in [-0.3, -0.25) is 4.98 Å². The van der Waals surface area contributed by atoms with E-state index in [1.165, 1.54) is 24.1 Å². The zero-order valence-electron chi connectivity index (χ0n) is 8.25. The lowest BCUT2D eigenvalue weighted by Crippen LogP contribution is -2.33. The van der Waals surface area contributed by atoms with Crippen molar-refractivity contribution in [3.63, 3.8) is 0 Å². The van der Waals surface area contributed by atoms with Crippen molar-refractivity contribution in [3.8, 4) is 0 Å². The predicted molar refractivity (Wildman–Crippen MR) is 54.8 cm³/mol. The Labute approximate surface area is 79.4 Å². The molecule has 1 heterocycles. The monoisotopic (exact) mass is 176 g/mol. The summed E-state index contributed by atoms with van der Waals surface area (Å²) in [7, 11) is 0. The Hall–Kier alpha value is -1.05. The first-order valence-electron chi connectivity index (χ1n) is 4.93. The molecule has 2 heteroatoms. The summed E-state index contributed by atoms with van der Waals surface area (Å²) in [6.45, 7) is 4.40. The average Bonchev–Trinajstić information content (AvgIpc) is 2.06. The van der Waals surface area contributed by atoms with Crippen molar-refractivity contribution in [2.45, 2.75) is 32.7 Å². The van der Waals surface area contributed by atoms with Crippen LogP contribution in [-0.2, 0) is 0 Å². The molecule has 0 aliphatic heterocycles. The molecule has 13 heavy (non-hydrogen) atoms. The predicted octanol–water partition coefficient (Wildman–Crippen LogP) is 2.60. The normalized spacial score (nSPS) is 26.6. The van der Waals surface area contributed by atoms with Crippen LogP contribution in [-0.4, -0.2) is 11.0 Å². The zero-order valence-corrected chi connectivity index (χ0v) is 8.25. The fourth-order valence-electron chi connectivity index (χ4n) is 1.88. The van der Waals surface area contributed by atoms with Crippen molar-refractivity contribution in [2.24, 2.45) is 5.92 Å². The van der Waals surface area contributed by atoms with Gasteiger partial charge in [0.15, 0.2) is 0 Å². The van der Waals surface area contributed by atoms with E-state index in [9.17, 15) is 0 Å². The van der Waals surface area contributed by atoms with Crippen LogP contribution in [0.5, 0.6) is 0 Å². The molecule has 1 aromatic heterocycles. The lowest BCUT2D eigenvalue weighted by atomic mass is 9.82. The number of pyridine rings is 1. The largest absolute Gasteiger partial charge is 0.382 e. The van der Waals surface area contributed by atoms with E-state index in [0.29, 0.717) is 6.04 Å². The summed E-state index contributed by atoms with van der Waals surface area (Å²) in [6.07, 6.45) is 6.37. The van der Waals surface area contributed by atoms with Crippen LogP contribution in [0.1, 0.15) is 25.3 Å². The molecule has 1 N–H and O–H groups in total. The number of aromatic nitrogens is 1. The third-order valence-corrected chi connectivity index (χ3v) is 2.75. The van der Waals surface area contributed by atoms with Crippen molar-refractivity contribution in [1.29, 1.82) is 0 Å². The van der Waals surface area contributed by atoms with Gasteiger partial charge in [-0.25, -0.2) is 0 Å². The average molecular weight is 176 g/mol. The van der Waals surface area contributed by atoms with E-state index in [1.54, 1.807) is 0 Å². The Kier molecular flexibility index (Phi) is 2.21. The lowest BCUT2D eigenvalue weighted by molar-refractivity contribution is 0.309. The third-order valence-electron chi connectivity index (χ3n) is 2.75. The third kappa shape index (κ3) is 1.82. The number of hydrogen-bond acceptors (Lipinski definition) is 2. The maximum Gasteiger partial charge on any atom is 0.0402 e. The molecule has 2 nitrogen and oxygen atoms in total. The van der Waals surface area contributed by atoms with Crippen LogP contribution < -0.4 is 5.32 Å². The fraction of sp³-hybridized carbons (Fsp3) is 0.545. The standard InChI is InChI=1S/C11H16N2/c1-8-5-10(6-8)13-11-3-4-12-7-9(11)2/h3-4,7-8,10H,5-6H2,1-2H3,(H,12,13). The number of hydrogen-bond donors (Lipinski definition) is 1. The minimum atomic E-state index is 0.691. The molecule has 0 saturated heterocycles. The van der Waals surface area contributed by atoms with E-state index in [4.69, 9.17) is 0 Å². The molecule has 1 aliphatic rings. The summed E-state index contributed by atoms with van der Waals surface area (Å²) in [5, 5.41) is 3.54. The van der Waals surface area contributed by atoms with Gasteiger partial charge < -0.3 is 5.32 Å². The summed E-state index contributed by atoms with van der Waals surface area (Å²) in [5.41, 5.74) is 2.48. The minimum absolute atomic E-state index is 0.691. The van der Waals surface area contributed by atoms with Crippen LogP contribution in [0.25, 0.3) is 0 Å². The van der Waals surface area contributed by atoms with Crippen LogP contribution in [0.3, 0.4) is 0 Å². The Bertz CT molecular complexity index is 290. The first-order valence-corrected chi connectivity index (χ1v) is 4.93. The minimum Gasteiger partial charge on any atom is -0.382 e. The van der Waals surface area contributed by atoms with E-state index in [1.807, 2.05) is 12.4 Å². The number of nitrogens with zero attached hydrogens (tertiary/aromatic N) is 1. The quantitative estimate of drug-likeness (QED) is 0.749. The molecule has 70 valence electrons. The lowest BCUT2D eigenvalue weighted by Gasteiger charge is -2.34. The molecule has 2 rings (SSSR count). The van der Waals surface area contributed by atoms with Crippen LogP contribution in [0.4, 0.5) is 5.69 Å². The molecule has 0 bridgehead atoms. The highest BCUT2D eigenvalue weighted by Crippen LogP contribution is 2.29. The van der Waals surface area contributed by atoms with E-state index in [-0.39, 0.29) is 0 Å². The van der Waals surface area contributed by atoms with Gasteiger partial charge in [0.2, 0.25) is 0 Å². The van der Waals surface area contributed by atoms with Gasteiger partial charge in [-0.2, -0.15) is 0 Å². The summed E-state index contributed by atoms with van der Waals surface area (Å²) in [4.78, 5) is 4.07. The highest BCUT2D eigenvalue weighted by Gasteiger charge is 2.24. The molecule has 0 spiro atoms. The Morgan fingerprint density at radius 1 is 1.46 bits per heavy atom. The SMILES string of the molecule is Cc1cnccc1NC1CC(C)C1. The van der Waals surface area contributed by atoms with Crippen molar-refractivity contribution in [3.05, 3.63) is 24.0 Å². The molecule has 0 unspecified atom stereocenters. The molecule has 1 saturated carbocycles. The van der Waals surface area contributed by atoms with E-state index in [2.05, 4.69) is 30.2 Å². The Morgan fingerprint density at radius 2 is 2.23 bits per heavy atom. The topological polar surface area (TPSA) is 24.9 Å². The zero-order chi connectivity index (χ0) is 9.26. The fourth-order valence-corrected chi connectivity index (χ4v) is 1.88. The Balaban J connectivity index is 1.98. The summed E-state index contributed by atoms with van der Waals surface area (Å²) >= 11 is 0. The Morgan fingerprint density at radius 3 is 2.85 bits per heavy atom. The van der Waals surface area contributed by atoms with Crippen molar-refractivity contribution < 1.29 is 0 Å². The van der Waals surface area contributed by atoms with Crippen LogP contribution >= 0.6 is 0 Å². The van der Waals surface area contributed by atoms with Gasteiger partial charge in [-0.05, 0) is 37.3 Å². The molecule has 1 fully saturated rings. The van der Waals surface area contributed by atoms with Gasteiger partial charge >= 0.3 is 0 Å². The van der Waals surface area contributed by atoms with Crippen LogP contribution in [0, 0.1) is 12.8 Å². The first kappa shape index (κ1) is 8.54. The molecule has 0 aromatic carbocycles. The summed E-state index contributed by atoms with van der Waals surface area (Å²) in [5.74, 6) is 0.902. The number of anilines is 1. The van der Waals surface area contributed by atoms with E-state index < -0.39 is 0 Å². The molecule has 0 amide bonds. The molecule has 0 atom stereocenters. The van der Waals surface area contributed by atoms with Gasteiger partial charge in [-0.1, -0.05) is 6.92 Å². The van der Waals surface area contributed by atoms with Crippen LogP contribution in [0.15, 0.2) is 18.5 Å². The number of nitrogens with one attached hydrogen (secondary N) is 1. The van der Waals surface area contributed by atoms with Gasteiger partial charge in [-0.15, -0.1) is 0 Å². The van der Waals surface area contributed by atoms with E-state index >= 15 is 0 Å². The van der Waals surface area contributed by atoms with Gasteiger partial charge in [0.05, 0.1) is 0 Å². The second kappa shape index (κ2) is 3.36. The van der Waals surface area contributed by atoms with Crippen molar-refractivity contribution in [2.75, 3.05) is 5.32 Å². The highest BCUT2D eigenvalue weighted by atomic mass is 14.9. The molecule has 1 aromatic rings. The molecule has 1 aliphatic carbocycles. The smallest absolute Gasteiger partial charge is 0.0402 e. The summed E-state index contributed by atoms with van der Waals surface area (Å²) < 4.78 is 0. The van der Waals surface area contributed by atoms with Gasteiger partial charge in [0, 0.05) is 24.1 Å². The number of aryl methyl sites for hydroxylation is 1. The van der Waals surface area contributed by atoms with E-state index in [0.717, 1.165) is 5.92 Å². The molecular weight excluding hydrogens is 160 g/mol. The van der Waals surface area contributed by atoms with Crippen molar-refractivity contribution in [1.82, 2.24) is 4.98 Å². The maximum absolute atomic E-state index is 4.07. The van der Waals surface area contributed by atoms with Gasteiger partial charge in [0.1, 0.15) is 0 Å². The molecular formula is C11H16N2.